The first-order valence-corrected chi connectivity index (χ1v) is 10.9. The van der Waals surface area contributed by atoms with E-state index < -0.39 is 5.92 Å². The van der Waals surface area contributed by atoms with Gasteiger partial charge in [-0.3, -0.25) is 14.6 Å². The second-order valence-corrected chi connectivity index (χ2v) is 9.99. The molecule has 2 aromatic rings. The number of H-pyrrole nitrogens is 1. The molecule has 29 heavy (non-hydrogen) atoms. The lowest BCUT2D eigenvalue weighted by Crippen LogP contribution is -2.41. The zero-order valence-electron chi connectivity index (χ0n) is 17.2. The van der Waals surface area contributed by atoms with Crippen LogP contribution in [0.3, 0.4) is 0 Å². The Kier molecular flexibility index (Phi) is 5.11. The molecule has 6 nitrogen and oxygen atoms in total. The molecule has 0 spiro atoms. The summed E-state index contributed by atoms with van der Waals surface area (Å²) < 4.78 is 0. The van der Waals surface area contributed by atoms with Crippen LogP contribution in [0.15, 0.2) is 46.3 Å². The van der Waals surface area contributed by atoms with Crippen LogP contribution in [-0.2, 0) is 4.79 Å². The zero-order valence-corrected chi connectivity index (χ0v) is 18.0. The Labute approximate surface area is 174 Å². The maximum atomic E-state index is 13.2. The molecule has 0 radical (unpaired) electrons. The molecule has 2 aromatic heterocycles. The number of ketones is 1. The van der Waals surface area contributed by atoms with E-state index in [-0.39, 0.29) is 22.7 Å². The number of nitrogens with zero attached hydrogens (tertiary/aromatic N) is 2. The molecule has 0 fully saturated rings. The lowest BCUT2D eigenvalue weighted by molar-refractivity contribution is -0.124. The molecule has 0 amide bonds. The summed E-state index contributed by atoms with van der Waals surface area (Å²) in [4.78, 5) is 38.1. The average Bonchev–Trinajstić information content (AvgIpc) is 2.66. The maximum Gasteiger partial charge on any atom is 0.257 e. The smallest absolute Gasteiger partial charge is 0.257 e. The first-order valence-electron chi connectivity index (χ1n) is 10.0. The van der Waals surface area contributed by atoms with Gasteiger partial charge < -0.3 is 10.3 Å². The van der Waals surface area contributed by atoms with Crippen molar-refractivity contribution in [1.82, 2.24) is 15.0 Å². The van der Waals surface area contributed by atoms with Crippen LogP contribution >= 0.6 is 11.8 Å². The molecule has 2 aliphatic rings. The van der Waals surface area contributed by atoms with Crippen LogP contribution < -0.4 is 10.9 Å². The third kappa shape index (κ3) is 3.75. The van der Waals surface area contributed by atoms with Crippen molar-refractivity contribution >= 4 is 23.4 Å². The van der Waals surface area contributed by atoms with Crippen molar-refractivity contribution in [2.75, 3.05) is 5.32 Å². The summed E-state index contributed by atoms with van der Waals surface area (Å²) in [6.45, 7) is 8.33. The lowest BCUT2D eigenvalue weighted by Gasteiger charge is -2.40. The van der Waals surface area contributed by atoms with E-state index in [9.17, 15) is 9.59 Å². The van der Waals surface area contributed by atoms with Crippen molar-refractivity contribution in [1.29, 1.82) is 0 Å². The number of fused-ring (bicyclic) bond motifs is 2. The van der Waals surface area contributed by atoms with E-state index in [1.54, 1.807) is 24.2 Å². The Morgan fingerprint density at radius 2 is 1.97 bits per heavy atom. The molecule has 4 rings (SSSR count). The highest BCUT2D eigenvalue weighted by molar-refractivity contribution is 7.99. The molecule has 152 valence electrons. The van der Waals surface area contributed by atoms with Crippen LogP contribution in [0.1, 0.15) is 57.6 Å². The molecule has 0 aromatic carbocycles. The number of carbonyl (C=O) groups is 1. The standard InChI is InChI=1S/C22H26N4O2S/c1-5-12(2)29-21-25-19-18(20(28)26-21)16(13-6-8-23-9-7-13)17-14(24-19)10-22(3,4)11-15(17)27/h6-10,12,16-17H,5,11H2,1-4H3,(H2,24,25,26,28)/t12-,16+,17+/m1/s1. The fourth-order valence-corrected chi connectivity index (χ4v) is 5.03. The number of thioether (sulfide) groups is 1. The molecular formula is C22H26N4O2S. The van der Waals surface area contributed by atoms with E-state index in [4.69, 9.17) is 4.98 Å². The summed E-state index contributed by atoms with van der Waals surface area (Å²) in [5.41, 5.74) is 1.86. The quantitative estimate of drug-likeness (QED) is 0.582. The zero-order chi connectivity index (χ0) is 20.8. The molecule has 1 aliphatic heterocycles. The van der Waals surface area contributed by atoms with Crippen LogP contribution in [0.2, 0.25) is 0 Å². The molecule has 3 atom stereocenters. The van der Waals surface area contributed by atoms with E-state index in [0.717, 1.165) is 17.7 Å². The summed E-state index contributed by atoms with van der Waals surface area (Å²) in [5, 5.41) is 4.28. The number of hydrogen-bond acceptors (Lipinski definition) is 6. The van der Waals surface area contributed by atoms with Crippen molar-refractivity contribution in [3.8, 4) is 0 Å². The van der Waals surface area contributed by atoms with Crippen molar-refractivity contribution < 1.29 is 4.79 Å². The Bertz CT molecular complexity index is 1030. The normalized spacial score (nSPS) is 23.4. The highest BCUT2D eigenvalue weighted by Gasteiger charge is 2.45. The number of hydrogen-bond donors (Lipinski definition) is 2. The van der Waals surface area contributed by atoms with Gasteiger partial charge in [-0.25, -0.2) is 4.98 Å². The molecule has 0 bridgehead atoms. The Hall–Kier alpha value is -2.41. The number of aromatic nitrogens is 3. The Morgan fingerprint density at radius 3 is 2.66 bits per heavy atom. The monoisotopic (exact) mass is 410 g/mol. The summed E-state index contributed by atoms with van der Waals surface area (Å²) in [7, 11) is 0. The van der Waals surface area contributed by atoms with Crippen molar-refractivity contribution in [2.24, 2.45) is 11.3 Å². The van der Waals surface area contributed by atoms with E-state index >= 15 is 0 Å². The van der Waals surface area contributed by atoms with Crippen molar-refractivity contribution in [2.45, 2.75) is 56.9 Å². The van der Waals surface area contributed by atoms with E-state index in [1.165, 1.54) is 0 Å². The molecule has 7 heteroatoms. The number of carbonyl (C=O) groups excluding carboxylic acids is 1. The van der Waals surface area contributed by atoms with Crippen molar-refractivity contribution in [3.05, 3.63) is 57.8 Å². The number of Topliss-reactive ketones (excluding diaryl/α,β-unsaturated/α-hetero) is 1. The van der Waals surface area contributed by atoms with Gasteiger partial charge in [-0.05, 0) is 29.5 Å². The lowest BCUT2D eigenvalue weighted by atomic mass is 9.67. The molecule has 2 N–H and O–H groups in total. The molecular weight excluding hydrogens is 384 g/mol. The van der Waals surface area contributed by atoms with Gasteiger partial charge in [-0.2, -0.15) is 0 Å². The van der Waals surface area contributed by atoms with Gasteiger partial charge in [0.05, 0.1) is 11.5 Å². The number of nitrogens with one attached hydrogen (secondary N) is 2. The van der Waals surface area contributed by atoms with Gasteiger partial charge in [-0.1, -0.05) is 45.5 Å². The van der Waals surface area contributed by atoms with Gasteiger partial charge in [0.15, 0.2) is 5.16 Å². The largest absolute Gasteiger partial charge is 0.343 e. The van der Waals surface area contributed by atoms with Gasteiger partial charge >= 0.3 is 0 Å². The average molecular weight is 411 g/mol. The second kappa shape index (κ2) is 7.44. The summed E-state index contributed by atoms with van der Waals surface area (Å²) in [5.74, 6) is -0.0869. The van der Waals surface area contributed by atoms with Gasteiger partial charge in [0, 0.05) is 35.7 Å². The summed E-state index contributed by atoms with van der Waals surface area (Å²) in [6.07, 6.45) is 6.96. The van der Waals surface area contributed by atoms with Crippen molar-refractivity contribution in [3.63, 3.8) is 0 Å². The Balaban J connectivity index is 1.90. The number of rotatable bonds is 4. The topological polar surface area (TPSA) is 87.7 Å². The van der Waals surface area contributed by atoms with E-state index in [0.29, 0.717) is 28.2 Å². The molecule has 0 saturated heterocycles. The summed E-state index contributed by atoms with van der Waals surface area (Å²) >= 11 is 1.55. The van der Waals surface area contributed by atoms with Crippen LogP contribution in [0.25, 0.3) is 0 Å². The predicted octanol–water partition coefficient (Wildman–Crippen LogP) is 4.11. The SMILES string of the molecule is CC[C@@H](C)Sc1nc2c(c(=O)[nH]1)[C@@H](c1ccncc1)[C@@H]1C(=O)CC(C)(C)C=C1N2. The first-order chi connectivity index (χ1) is 13.8. The number of pyridine rings is 1. The van der Waals surface area contributed by atoms with Crippen LogP contribution in [0.5, 0.6) is 0 Å². The minimum absolute atomic E-state index is 0.143. The fourth-order valence-electron chi connectivity index (χ4n) is 4.18. The Morgan fingerprint density at radius 1 is 1.24 bits per heavy atom. The number of anilines is 1. The summed E-state index contributed by atoms with van der Waals surface area (Å²) in [6, 6.07) is 3.76. The minimum atomic E-state index is -0.408. The third-order valence-corrected chi connectivity index (χ3v) is 6.80. The molecule has 0 saturated carbocycles. The fraction of sp³-hybridized carbons (Fsp3) is 0.455. The molecule has 3 heterocycles. The number of aromatic amines is 1. The maximum absolute atomic E-state index is 13.2. The van der Waals surface area contributed by atoms with Gasteiger partial charge in [0.1, 0.15) is 11.6 Å². The highest BCUT2D eigenvalue weighted by Crippen LogP contribution is 2.47. The molecule has 0 unspecified atom stereocenters. The minimum Gasteiger partial charge on any atom is -0.343 e. The van der Waals surface area contributed by atoms with Gasteiger partial charge in [0.25, 0.3) is 5.56 Å². The second-order valence-electron chi connectivity index (χ2n) is 8.56. The third-order valence-electron chi connectivity index (χ3n) is 5.65. The van der Waals surface area contributed by atoms with Gasteiger partial charge in [-0.15, -0.1) is 0 Å². The predicted molar refractivity (Wildman–Crippen MR) is 115 cm³/mol. The van der Waals surface area contributed by atoms with E-state index in [2.05, 4.69) is 49.1 Å². The van der Waals surface area contributed by atoms with Crippen LogP contribution in [0, 0.1) is 11.3 Å². The highest BCUT2D eigenvalue weighted by atomic mass is 32.2. The molecule has 1 aliphatic carbocycles. The van der Waals surface area contributed by atoms with Crippen LogP contribution in [-0.4, -0.2) is 26.0 Å². The van der Waals surface area contributed by atoms with E-state index in [1.807, 2.05) is 12.1 Å². The van der Waals surface area contributed by atoms with Gasteiger partial charge in [0.2, 0.25) is 0 Å². The number of allylic oxidation sites excluding steroid dienone is 2. The first kappa shape index (κ1) is 19.9. The van der Waals surface area contributed by atoms with Crippen LogP contribution in [0.4, 0.5) is 5.82 Å².